The summed E-state index contributed by atoms with van der Waals surface area (Å²) in [5.74, 6) is -0.622. The molecule has 0 heterocycles. The molecule has 14 heavy (non-hydrogen) atoms. The van der Waals surface area contributed by atoms with Crippen LogP contribution in [0.2, 0.25) is 0 Å². The predicted octanol–water partition coefficient (Wildman–Crippen LogP) is 1.59. The van der Waals surface area contributed by atoms with Gasteiger partial charge < -0.3 is 4.74 Å². The number of hydrogen-bond acceptors (Lipinski definition) is 4. The van der Waals surface area contributed by atoms with Gasteiger partial charge in [-0.25, -0.2) is 4.79 Å². The Hall–Kier alpha value is -2.17. The Labute approximate surface area is 79.8 Å². The summed E-state index contributed by atoms with van der Waals surface area (Å²) in [5.41, 5.74) is 0.348. The number of nitrogens with zero attached hydrogens (tertiary/aromatic N) is 1. The van der Waals surface area contributed by atoms with E-state index in [1.807, 2.05) is 0 Å². The van der Waals surface area contributed by atoms with Gasteiger partial charge in [0.25, 0.3) is 6.20 Å². The van der Waals surface area contributed by atoms with Crippen molar-refractivity contribution in [1.82, 2.24) is 0 Å². The molecule has 0 radical (unpaired) electrons. The molecule has 0 aliphatic heterocycles. The molecule has 0 bridgehead atoms. The van der Waals surface area contributed by atoms with Gasteiger partial charge in [-0.3, -0.25) is 10.1 Å². The molecule has 0 fully saturated rings. The van der Waals surface area contributed by atoms with E-state index >= 15 is 0 Å². The Bertz CT molecular complexity index is 358. The Morgan fingerprint density at radius 1 is 1.36 bits per heavy atom. The summed E-state index contributed by atoms with van der Waals surface area (Å²) in [6.45, 7) is 0. The molecule has 1 aromatic rings. The van der Waals surface area contributed by atoms with Crippen molar-refractivity contribution in [3.63, 3.8) is 0 Å². The Kier molecular flexibility index (Phi) is 3.37. The second kappa shape index (κ2) is 4.76. The zero-order valence-corrected chi connectivity index (χ0v) is 7.12. The summed E-state index contributed by atoms with van der Waals surface area (Å²) in [6.07, 6.45) is 1.30. The summed E-state index contributed by atoms with van der Waals surface area (Å²) < 4.78 is 4.48. The number of ether oxygens (including phenoxy) is 1. The van der Waals surface area contributed by atoms with Gasteiger partial charge in [-0.2, -0.15) is 0 Å². The molecule has 1 aromatic carbocycles. The van der Waals surface area contributed by atoms with Gasteiger partial charge in [0, 0.05) is 0 Å². The van der Waals surface area contributed by atoms with E-state index in [0.717, 1.165) is 6.26 Å². The first-order valence-electron chi connectivity index (χ1n) is 3.76. The second-order valence-corrected chi connectivity index (χ2v) is 2.34. The highest BCUT2D eigenvalue weighted by Gasteiger charge is 2.03. The van der Waals surface area contributed by atoms with Crippen molar-refractivity contribution < 1.29 is 14.5 Å². The molecule has 0 aliphatic carbocycles. The van der Waals surface area contributed by atoms with Crippen LogP contribution in [0.1, 0.15) is 10.4 Å². The SMILES string of the molecule is O=C(O/C=C/[N+](=O)[O-])c1ccccc1. The molecular formula is C9H7NO4. The molecule has 0 saturated carbocycles. The van der Waals surface area contributed by atoms with E-state index in [2.05, 4.69) is 4.74 Å². The zero-order chi connectivity index (χ0) is 10.4. The van der Waals surface area contributed by atoms with Gasteiger partial charge in [0.2, 0.25) is 0 Å². The minimum atomic E-state index is -0.710. The average molecular weight is 193 g/mol. The van der Waals surface area contributed by atoms with Crippen molar-refractivity contribution in [2.45, 2.75) is 0 Å². The largest absolute Gasteiger partial charge is 0.424 e. The van der Waals surface area contributed by atoms with Crippen LogP contribution in [0.3, 0.4) is 0 Å². The molecule has 0 amide bonds. The number of esters is 1. The number of nitro groups is 1. The molecule has 0 aliphatic rings. The standard InChI is InChI=1S/C9H7NO4/c11-9(14-7-6-10(12)13)8-4-2-1-3-5-8/h1-7H/b7-6+. The molecule has 0 spiro atoms. The lowest BCUT2D eigenvalue weighted by Gasteiger charge is -1.96. The van der Waals surface area contributed by atoms with Gasteiger partial charge in [0.05, 0.1) is 10.5 Å². The molecule has 0 N–H and O–H groups in total. The molecule has 0 aromatic heterocycles. The number of rotatable bonds is 3. The summed E-state index contributed by atoms with van der Waals surface area (Å²) >= 11 is 0. The van der Waals surface area contributed by atoms with Gasteiger partial charge in [-0.15, -0.1) is 0 Å². The summed E-state index contributed by atoms with van der Waals surface area (Å²) in [7, 11) is 0. The lowest BCUT2D eigenvalue weighted by molar-refractivity contribution is -0.403. The maximum Gasteiger partial charge on any atom is 0.343 e. The van der Waals surface area contributed by atoms with Crippen molar-refractivity contribution in [2.24, 2.45) is 0 Å². The fourth-order valence-electron chi connectivity index (χ4n) is 0.784. The first kappa shape index (κ1) is 9.91. The second-order valence-electron chi connectivity index (χ2n) is 2.34. The van der Waals surface area contributed by atoms with Crippen LogP contribution in [0.15, 0.2) is 42.8 Å². The van der Waals surface area contributed by atoms with Gasteiger partial charge in [-0.1, -0.05) is 18.2 Å². The predicted molar refractivity (Wildman–Crippen MR) is 48.0 cm³/mol. The lowest BCUT2D eigenvalue weighted by Crippen LogP contribution is -2.00. The van der Waals surface area contributed by atoms with Crippen LogP contribution in [-0.4, -0.2) is 10.9 Å². The van der Waals surface area contributed by atoms with Crippen molar-refractivity contribution in [3.8, 4) is 0 Å². The van der Waals surface area contributed by atoms with E-state index in [1.54, 1.807) is 30.3 Å². The average Bonchev–Trinajstić information content (AvgIpc) is 2.18. The van der Waals surface area contributed by atoms with E-state index in [9.17, 15) is 14.9 Å². The van der Waals surface area contributed by atoms with E-state index in [1.165, 1.54) is 0 Å². The van der Waals surface area contributed by atoms with Crippen LogP contribution in [0.25, 0.3) is 0 Å². The van der Waals surface area contributed by atoms with Crippen molar-refractivity contribution in [1.29, 1.82) is 0 Å². The molecule has 5 heteroatoms. The first-order valence-corrected chi connectivity index (χ1v) is 3.76. The quantitative estimate of drug-likeness (QED) is 0.316. The van der Waals surface area contributed by atoms with Crippen molar-refractivity contribution in [3.05, 3.63) is 58.5 Å². The molecule has 1 rings (SSSR count). The van der Waals surface area contributed by atoms with Gasteiger partial charge in [-0.05, 0) is 12.1 Å². The normalized spacial score (nSPS) is 10.0. The third kappa shape index (κ3) is 3.06. The highest BCUT2D eigenvalue weighted by molar-refractivity contribution is 5.89. The molecular weight excluding hydrogens is 186 g/mol. The molecule has 0 atom stereocenters. The number of hydrogen-bond donors (Lipinski definition) is 0. The van der Waals surface area contributed by atoms with Crippen LogP contribution in [-0.2, 0) is 4.74 Å². The highest BCUT2D eigenvalue weighted by Crippen LogP contribution is 2.00. The first-order chi connectivity index (χ1) is 6.70. The number of carbonyl (C=O) groups excluding carboxylic acids is 1. The molecule has 0 unspecified atom stereocenters. The van der Waals surface area contributed by atoms with Crippen LogP contribution >= 0.6 is 0 Å². The molecule has 0 saturated heterocycles. The van der Waals surface area contributed by atoms with Crippen LogP contribution < -0.4 is 0 Å². The van der Waals surface area contributed by atoms with Gasteiger partial charge >= 0.3 is 5.97 Å². The summed E-state index contributed by atoms with van der Waals surface area (Å²) in [6, 6.07) is 8.22. The van der Waals surface area contributed by atoms with Gasteiger partial charge in [0.15, 0.2) is 6.26 Å². The van der Waals surface area contributed by atoms with Crippen LogP contribution in [0.4, 0.5) is 0 Å². The van der Waals surface area contributed by atoms with E-state index in [0.29, 0.717) is 11.8 Å². The third-order valence-corrected chi connectivity index (χ3v) is 1.37. The van der Waals surface area contributed by atoms with Crippen molar-refractivity contribution >= 4 is 5.97 Å². The third-order valence-electron chi connectivity index (χ3n) is 1.37. The Balaban J connectivity index is 2.56. The van der Waals surface area contributed by atoms with Crippen LogP contribution in [0.5, 0.6) is 0 Å². The number of benzene rings is 1. The smallest absolute Gasteiger partial charge is 0.343 e. The lowest BCUT2D eigenvalue weighted by atomic mass is 10.2. The van der Waals surface area contributed by atoms with Crippen LogP contribution in [0, 0.1) is 10.1 Å². The summed E-state index contributed by atoms with van der Waals surface area (Å²) in [4.78, 5) is 20.3. The Morgan fingerprint density at radius 2 is 2.00 bits per heavy atom. The fourth-order valence-corrected chi connectivity index (χ4v) is 0.784. The topological polar surface area (TPSA) is 69.4 Å². The van der Waals surface area contributed by atoms with E-state index in [4.69, 9.17) is 0 Å². The minimum absolute atomic E-state index is 0.348. The highest BCUT2D eigenvalue weighted by atomic mass is 16.6. The Morgan fingerprint density at radius 3 is 2.57 bits per heavy atom. The summed E-state index contributed by atoms with van der Waals surface area (Å²) in [5, 5.41) is 9.84. The number of carbonyl (C=O) groups is 1. The molecule has 72 valence electrons. The van der Waals surface area contributed by atoms with E-state index in [-0.39, 0.29) is 0 Å². The minimum Gasteiger partial charge on any atom is -0.424 e. The van der Waals surface area contributed by atoms with Crippen molar-refractivity contribution in [2.75, 3.05) is 0 Å². The monoisotopic (exact) mass is 193 g/mol. The maximum atomic E-state index is 11.1. The fraction of sp³-hybridized carbons (Fsp3) is 0. The zero-order valence-electron chi connectivity index (χ0n) is 7.12. The molecule has 5 nitrogen and oxygen atoms in total. The van der Waals surface area contributed by atoms with E-state index < -0.39 is 10.9 Å². The van der Waals surface area contributed by atoms with Gasteiger partial charge in [0.1, 0.15) is 0 Å². The maximum absolute atomic E-state index is 11.1.